The van der Waals surface area contributed by atoms with Crippen molar-refractivity contribution in [2.75, 3.05) is 18.6 Å². The van der Waals surface area contributed by atoms with Crippen molar-refractivity contribution in [3.05, 3.63) is 58.4 Å². The fourth-order valence-corrected chi connectivity index (χ4v) is 4.05. The van der Waals surface area contributed by atoms with E-state index in [1.54, 1.807) is 42.7 Å². The largest absolute Gasteiger partial charge is 0.497 e. The number of amides is 1. The van der Waals surface area contributed by atoms with E-state index in [1.807, 2.05) is 37.4 Å². The highest BCUT2D eigenvalue weighted by molar-refractivity contribution is 7.09. The molecule has 0 radical (unpaired) electrons. The zero-order valence-corrected chi connectivity index (χ0v) is 17.9. The number of ketones is 1. The Hall–Kier alpha value is -3.19. The van der Waals surface area contributed by atoms with E-state index in [9.17, 15) is 9.59 Å². The van der Waals surface area contributed by atoms with Crippen molar-refractivity contribution in [1.82, 2.24) is 4.98 Å². The van der Waals surface area contributed by atoms with E-state index in [4.69, 9.17) is 9.47 Å². The molecule has 1 amide bonds. The first-order chi connectivity index (χ1) is 14.5. The molecule has 6 nitrogen and oxygen atoms in total. The molecule has 1 unspecified atom stereocenters. The third-order valence-electron chi connectivity index (χ3n) is 5.04. The number of nitrogens with zero attached hydrogens (tertiary/aromatic N) is 2. The molecule has 154 valence electrons. The first-order valence-electron chi connectivity index (χ1n) is 9.72. The lowest BCUT2D eigenvalue weighted by molar-refractivity contribution is -0.126. The lowest BCUT2D eigenvalue weighted by Crippen LogP contribution is -2.47. The Morgan fingerprint density at radius 1 is 1.27 bits per heavy atom. The van der Waals surface area contributed by atoms with Crippen molar-refractivity contribution < 1.29 is 19.1 Å². The van der Waals surface area contributed by atoms with Gasteiger partial charge in [0.15, 0.2) is 11.9 Å². The summed E-state index contributed by atoms with van der Waals surface area (Å²) in [5.74, 6) is 0.811. The van der Waals surface area contributed by atoms with Gasteiger partial charge in [0.25, 0.3) is 5.91 Å². The average Bonchev–Trinajstić information content (AvgIpc) is 3.21. The molecular weight excluding hydrogens is 400 g/mol. The summed E-state index contributed by atoms with van der Waals surface area (Å²) in [7, 11) is 1.55. The van der Waals surface area contributed by atoms with Crippen LogP contribution in [0.2, 0.25) is 0 Å². The van der Waals surface area contributed by atoms with Crippen LogP contribution in [-0.2, 0) is 4.79 Å². The van der Waals surface area contributed by atoms with Crippen molar-refractivity contribution in [1.29, 1.82) is 0 Å². The minimum atomic E-state index is -0.608. The number of aromatic nitrogens is 1. The van der Waals surface area contributed by atoms with Gasteiger partial charge in [0.05, 0.1) is 30.0 Å². The maximum Gasteiger partial charge on any atom is 0.268 e. The zero-order chi connectivity index (χ0) is 21.3. The minimum Gasteiger partial charge on any atom is -0.497 e. The molecule has 0 spiro atoms. The van der Waals surface area contributed by atoms with Crippen LogP contribution >= 0.6 is 11.3 Å². The molecule has 2 heterocycles. The van der Waals surface area contributed by atoms with E-state index >= 15 is 0 Å². The third-order valence-corrected chi connectivity index (χ3v) is 5.81. The fourth-order valence-electron chi connectivity index (χ4n) is 3.43. The van der Waals surface area contributed by atoms with Gasteiger partial charge in [-0.25, -0.2) is 4.98 Å². The van der Waals surface area contributed by atoms with Crippen molar-refractivity contribution in [3.8, 4) is 22.8 Å². The van der Waals surface area contributed by atoms with E-state index in [-0.39, 0.29) is 18.2 Å². The highest BCUT2D eigenvalue weighted by atomic mass is 32.1. The van der Waals surface area contributed by atoms with Crippen molar-refractivity contribution >= 4 is 28.7 Å². The number of carbonyl (C=O) groups excluding carboxylic acids is 2. The summed E-state index contributed by atoms with van der Waals surface area (Å²) in [5.41, 5.74) is 2.80. The molecule has 0 fully saturated rings. The number of anilines is 1. The van der Waals surface area contributed by atoms with Crippen LogP contribution in [0.1, 0.15) is 28.7 Å². The summed E-state index contributed by atoms with van der Waals surface area (Å²) in [6, 6.07) is 12.6. The number of aryl methyl sites for hydroxylation is 1. The highest BCUT2D eigenvalue weighted by Crippen LogP contribution is 2.38. The van der Waals surface area contributed by atoms with E-state index in [0.29, 0.717) is 29.2 Å². The van der Waals surface area contributed by atoms with Crippen molar-refractivity contribution in [2.45, 2.75) is 26.4 Å². The number of carbonyl (C=O) groups is 2. The second kappa shape index (κ2) is 8.28. The molecule has 1 aliphatic heterocycles. The number of benzene rings is 2. The van der Waals surface area contributed by atoms with Gasteiger partial charge in [-0.3, -0.25) is 14.5 Å². The normalized spacial score (nSPS) is 15.5. The summed E-state index contributed by atoms with van der Waals surface area (Å²) in [6.07, 6.45) is -0.0854. The lowest BCUT2D eigenvalue weighted by Gasteiger charge is -2.34. The number of thiazole rings is 1. The van der Waals surface area contributed by atoms with E-state index in [1.165, 1.54) is 4.90 Å². The third kappa shape index (κ3) is 3.80. The molecule has 0 saturated carbocycles. The maximum atomic E-state index is 13.1. The number of hydrogen-bond donors (Lipinski definition) is 0. The monoisotopic (exact) mass is 422 g/mol. The molecule has 2 aromatic carbocycles. The molecule has 0 saturated heterocycles. The van der Waals surface area contributed by atoms with Crippen molar-refractivity contribution in [2.24, 2.45) is 0 Å². The molecule has 0 bridgehead atoms. The quantitative estimate of drug-likeness (QED) is 0.547. The zero-order valence-electron chi connectivity index (χ0n) is 17.0. The Balaban J connectivity index is 1.70. The number of fused-ring (bicyclic) bond motifs is 1. The topological polar surface area (TPSA) is 68.7 Å². The van der Waals surface area contributed by atoms with Crippen molar-refractivity contribution in [3.63, 3.8) is 0 Å². The van der Waals surface area contributed by atoms with Gasteiger partial charge in [0, 0.05) is 16.5 Å². The summed E-state index contributed by atoms with van der Waals surface area (Å²) in [6.45, 7) is 3.77. The molecule has 1 aromatic heterocycles. The summed E-state index contributed by atoms with van der Waals surface area (Å²) >= 11 is 1.56. The molecule has 1 atom stereocenters. The van der Waals surface area contributed by atoms with Gasteiger partial charge < -0.3 is 9.47 Å². The first kappa shape index (κ1) is 20.1. The Morgan fingerprint density at radius 3 is 2.80 bits per heavy atom. The van der Waals surface area contributed by atoms with Crippen LogP contribution in [0.15, 0.2) is 47.8 Å². The molecule has 0 aliphatic carbocycles. The Bertz CT molecular complexity index is 1110. The summed E-state index contributed by atoms with van der Waals surface area (Å²) < 4.78 is 11.1. The molecule has 0 N–H and O–H groups in total. The van der Waals surface area contributed by atoms with E-state index in [0.717, 1.165) is 16.3 Å². The van der Waals surface area contributed by atoms with Gasteiger partial charge in [0.2, 0.25) is 0 Å². The molecule has 30 heavy (non-hydrogen) atoms. The Morgan fingerprint density at radius 2 is 2.10 bits per heavy atom. The van der Waals surface area contributed by atoms with Crippen LogP contribution in [-0.4, -0.2) is 36.4 Å². The van der Waals surface area contributed by atoms with Gasteiger partial charge in [-0.15, -0.1) is 11.3 Å². The van der Waals surface area contributed by atoms with Crippen LogP contribution < -0.4 is 14.4 Å². The summed E-state index contributed by atoms with van der Waals surface area (Å²) in [5, 5.41) is 2.94. The molecule has 4 rings (SSSR count). The van der Waals surface area contributed by atoms with Gasteiger partial charge in [-0.2, -0.15) is 0 Å². The predicted molar refractivity (Wildman–Crippen MR) is 117 cm³/mol. The highest BCUT2D eigenvalue weighted by Gasteiger charge is 2.35. The van der Waals surface area contributed by atoms with Crippen LogP contribution in [0, 0.1) is 6.92 Å². The molecule has 3 aromatic rings. The number of Topliss-reactive ketones (excluding diaryl/α,β-unsaturated/α-hetero) is 1. The van der Waals surface area contributed by atoms with Crippen LogP contribution in [0.25, 0.3) is 11.3 Å². The number of hydrogen-bond acceptors (Lipinski definition) is 6. The second-order valence-electron chi connectivity index (χ2n) is 7.03. The van der Waals surface area contributed by atoms with E-state index in [2.05, 4.69) is 4.98 Å². The molecular formula is C23H22N2O4S. The molecule has 1 aliphatic rings. The van der Waals surface area contributed by atoms with Crippen LogP contribution in [0.5, 0.6) is 11.5 Å². The van der Waals surface area contributed by atoms with Crippen LogP contribution in [0.4, 0.5) is 5.69 Å². The van der Waals surface area contributed by atoms with Gasteiger partial charge >= 0.3 is 0 Å². The SMILES string of the molecule is CCC1Oc2ccc(-c3csc(C)n3)cc2N(CC(=O)c2cccc(OC)c2)C1=O. The van der Waals surface area contributed by atoms with Crippen LogP contribution in [0.3, 0.4) is 0 Å². The van der Waals surface area contributed by atoms with Gasteiger partial charge in [-0.05, 0) is 43.7 Å². The predicted octanol–water partition coefficient (Wildman–Crippen LogP) is 4.51. The Labute approximate surface area is 179 Å². The summed E-state index contributed by atoms with van der Waals surface area (Å²) in [4.78, 5) is 32.1. The number of methoxy groups -OCH3 is 1. The fraction of sp³-hybridized carbons (Fsp3) is 0.261. The first-order valence-corrected chi connectivity index (χ1v) is 10.6. The average molecular weight is 423 g/mol. The number of ether oxygens (including phenoxy) is 2. The number of rotatable bonds is 6. The lowest BCUT2D eigenvalue weighted by atomic mass is 10.0. The second-order valence-corrected chi connectivity index (χ2v) is 8.09. The standard InChI is InChI=1S/C23H22N2O4S/c1-4-21-23(27)25(12-20(26)16-6-5-7-17(10-16)28-3)19-11-15(8-9-22(19)29-21)18-13-30-14(2)24-18/h5-11,13,21H,4,12H2,1-3H3. The Kier molecular flexibility index (Phi) is 5.55. The van der Waals surface area contributed by atoms with Gasteiger partial charge in [-0.1, -0.05) is 19.1 Å². The van der Waals surface area contributed by atoms with E-state index < -0.39 is 6.10 Å². The van der Waals surface area contributed by atoms with Gasteiger partial charge in [0.1, 0.15) is 11.5 Å². The smallest absolute Gasteiger partial charge is 0.268 e. The minimum absolute atomic E-state index is 0.0710. The molecule has 7 heteroatoms. The maximum absolute atomic E-state index is 13.1.